The number of thioether (sulfide) groups is 1. The van der Waals surface area contributed by atoms with Crippen LogP contribution in [0.5, 0.6) is 0 Å². The van der Waals surface area contributed by atoms with Crippen LogP contribution in [0.2, 0.25) is 5.02 Å². The van der Waals surface area contributed by atoms with Gasteiger partial charge in [-0.05, 0) is 36.1 Å². The Morgan fingerprint density at radius 2 is 1.72 bits per heavy atom. The van der Waals surface area contributed by atoms with Crippen molar-refractivity contribution in [3.63, 3.8) is 0 Å². The maximum absolute atomic E-state index is 13.7. The van der Waals surface area contributed by atoms with E-state index in [1.807, 2.05) is 42.1 Å². The first kappa shape index (κ1) is 17.0. The third-order valence-corrected chi connectivity index (χ3v) is 7.01. The predicted octanol–water partition coefficient (Wildman–Crippen LogP) is 5.43. The smallest absolute Gasteiger partial charge is 0.234 e. The summed E-state index contributed by atoms with van der Waals surface area (Å²) in [6.07, 6.45) is 4.11. The van der Waals surface area contributed by atoms with Crippen LogP contribution < -0.4 is 0 Å². The molecule has 1 aliphatic heterocycles. The molecule has 2 aromatic carbocycles. The zero-order chi connectivity index (χ0) is 17.3. The van der Waals surface area contributed by atoms with Gasteiger partial charge in [0.25, 0.3) is 0 Å². The van der Waals surface area contributed by atoms with Gasteiger partial charge in [0.15, 0.2) is 0 Å². The molecule has 2 aliphatic rings. The van der Waals surface area contributed by atoms with E-state index in [1.165, 1.54) is 5.56 Å². The highest BCUT2D eigenvalue weighted by Crippen LogP contribution is 2.47. The molecule has 2 aromatic rings. The average molecular weight is 372 g/mol. The first-order valence-electron chi connectivity index (χ1n) is 8.94. The zero-order valence-electron chi connectivity index (χ0n) is 14.2. The van der Waals surface area contributed by atoms with E-state index in [0.29, 0.717) is 5.91 Å². The molecule has 25 heavy (non-hydrogen) atoms. The standard InChI is InChI=1S/C21H22ClNOS/c22-18-10-8-17(9-11-18)21(12-4-5-13-21)20(24)23-14-15-25-19(23)16-6-2-1-3-7-16/h1-3,6-11,19H,4-5,12-15H2. The summed E-state index contributed by atoms with van der Waals surface area (Å²) in [7, 11) is 0. The van der Waals surface area contributed by atoms with Crippen LogP contribution >= 0.6 is 23.4 Å². The minimum atomic E-state index is -0.373. The lowest BCUT2D eigenvalue weighted by molar-refractivity contribution is -0.137. The van der Waals surface area contributed by atoms with E-state index in [4.69, 9.17) is 11.6 Å². The van der Waals surface area contributed by atoms with Crippen LogP contribution in [0.4, 0.5) is 0 Å². The number of amides is 1. The Hall–Kier alpha value is -1.45. The lowest BCUT2D eigenvalue weighted by Crippen LogP contribution is -2.45. The maximum Gasteiger partial charge on any atom is 0.234 e. The monoisotopic (exact) mass is 371 g/mol. The average Bonchev–Trinajstić information content (AvgIpc) is 3.33. The van der Waals surface area contributed by atoms with Crippen molar-refractivity contribution in [3.05, 3.63) is 70.7 Å². The number of halogens is 1. The van der Waals surface area contributed by atoms with Crippen molar-refractivity contribution in [2.24, 2.45) is 0 Å². The Morgan fingerprint density at radius 3 is 2.40 bits per heavy atom. The van der Waals surface area contributed by atoms with E-state index in [2.05, 4.69) is 29.2 Å². The summed E-state index contributed by atoms with van der Waals surface area (Å²) in [4.78, 5) is 15.8. The lowest BCUT2D eigenvalue weighted by Gasteiger charge is -2.35. The van der Waals surface area contributed by atoms with Gasteiger partial charge in [-0.15, -0.1) is 11.8 Å². The Kier molecular flexibility index (Phi) is 4.79. The normalized spacial score (nSPS) is 22.3. The maximum atomic E-state index is 13.7. The Labute approximate surface area is 158 Å². The lowest BCUT2D eigenvalue weighted by atomic mass is 9.77. The fourth-order valence-corrected chi connectivity index (χ4v) is 5.60. The molecule has 1 unspecified atom stereocenters. The van der Waals surface area contributed by atoms with Gasteiger partial charge in [0.1, 0.15) is 5.37 Å². The summed E-state index contributed by atoms with van der Waals surface area (Å²) < 4.78 is 0. The highest BCUT2D eigenvalue weighted by Gasteiger charge is 2.47. The summed E-state index contributed by atoms with van der Waals surface area (Å²) >= 11 is 7.95. The number of benzene rings is 2. The molecular weight excluding hydrogens is 350 g/mol. The van der Waals surface area contributed by atoms with E-state index >= 15 is 0 Å². The van der Waals surface area contributed by atoms with Crippen LogP contribution in [0.25, 0.3) is 0 Å². The predicted molar refractivity (Wildman–Crippen MR) is 105 cm³/mol. The third kappa shape index (κ3) is 3.09. The molecule has 2 fully saturated rings. The Balaban J connectivity index is 1.68. The van der Waals surface area contributed by atoms with Crippen LogP contribution in [0.1, 0.15) is 42.2 Å². The van der Waals surface area contributed by atoms with Crippen molar-refractivity contribution in [2.75, 3.05) is 12.3 Å². The number of nitrogens with zero attached hydrogens (tertiary/aromatic N) is 1. The zero-order valence-corrected chi connectivity index (χ0v) is 15.7. The number of carbonyl (C=O) groups excluding carboxylic acids is 1. The van der Waals surface area contributed by atoms with E-state index in [1.54, 1.807) is 0 Å². The largest absolute Gasteiger partial charge is 0.325 e. The third-order valence-electron chi connectivity index (χ3n) is 5.50. The Bertz CT molecular complexity index is 740. The van der Waals surface area contributed by atoms with Gasteiger partial charge >= 0.3 is 0 Å². The van der Waals surface area contributed by atoms with Crippen molar-refractivity contribution >= 4 is 29.3 Å². The summed E-state index contributed by atoms with van der Waals surface area (Å²) in [5.41, 5.74) is 1.98. The van der Waals surface area contributed by atoms with E-state index in [0.717, 1.165) is 48.6 Å². The van der Waals surface area contributed by atoms with E-state index in [9.17, 15) is 4.79 Å². The molecule has 1 saturated carbocycles. The molecule has 0 radical (unpaired) electrons. The molecule has 1 saturated heterocycles. The van der Waals surface area contributed by atoms with Crippen LogP contribution in [0.15, 0.2) is 54.6 Å². The van der Waals surface area contributed by atoms with Crippen LogP contribution in [0.3, 0.4) is 0 Å². The molecular formula is C21H22ClNOS. The molecule has 0 bridgehead atoms. The van der Waals surface area contributed by atoms with Crippen molar-refractivity contribution in [1.29, 1.82) is 0 Å². The molecule has 1 aliphatic carbocycles. The van der Waals surface area contributed by atoms with Gasteiger partial charge in [-0.25, -0.2) is 0 Å². The Morgan fingerprint density at radius 1 is 1.04 bits per heavy atom. The summed E-state index contributed by atoms with van der Waals surface area (Å²) in [6.45, 7) is 0.832. The minimum absolute atomic E-state index is 0.137. The second kappa shape index (κ2) is 7.05. The van der Waals surface area contributed by atoms with Gasteiger partial charge in [-0.1, -0.05) is 66.9 Å². The van der Waals surface area contributed by atoms with Gasteiger partial charge in [-0.3, -0.25) is 4.79 Å². The van der Waals surface area contributed by atoms with Gasteiger partial charge in [0.2, 0.25) is 5.91 Å². The van der Waals surface area contributed by atoms with Gasteiger partial charge in [-0.2, -0.15) is 0 Å². The molecule has 130 valence electrons. The van der Waals surface area contributed by atoms with Crippen molar-refractivity contribution in [2.45, 2.75) is 36.5 Å². The van der Waals surface area contributed by atoms with Crippen molar-refractivity contribution in [3.8, 4) is 0 Å². The first-order valence-corrected chi connectivity index (χ1v) is 10.4. The van der Waals surface area contributed by atoms with E-state index in [-0.39, 0.29) is 10.8 Å². The van der Waals surface area contributed by atoms with Crippen LogP contribution in [-0.4, -0.2) is 23.1 Å². The molecule has 0 spiro atoms. The molecule has 4 rings (SSSR count). The number of rotatable bonds is 3. The summed E-state index contributed by atoms with van der Waals surface area (Å²) in [6, 6.07) is 18.3. The van der Waals surface area contributed by atoms with Gasteiger partial charge < -0.3 is 4.90 Å². The quantitative estimate of drug-likeness (QED) is 0.717. The van der Waals surface area contributed by atoms with Crippen LogP contribution in [-0.2, 0) is 10.2 Å². The topological polar surface area (TPSA) is 20.3 Å². The number of carbonyl (C=O) groups is 1. The number of hydrogen-bond donors (Lipinski definition) is 0. The van der Waals surface area contributed by atoms with Crippen LogP contribution in [0, 0.1) is 0 Å². The molecule has 4 heteroatoms. The highest BCUT2D eigenvalue weighted by atomic mass is 35.5. The summed E-state index contributed by atoms with van der Waals surface area (Å²) in [5, 5.41) is 0.863. The molecule has 2 nitrogen and oxygen atoms in total. The summed E-state index contributed by atoms with van der Waals surface area (Å²) in [5.74, 6) is 1.30. The second-order valence-corrected chi connectivity index (χ2v) is 8.55. The minimum Gasteiger partial charge on any atom is -0.325 e. The fourth-order valence-electron chi connectivity index (χ4n) is 4.22. The molecule has 0 aromatic heterocycles. The van der Waals surface area contributed by atoms with Gasteiger partial charge in [0, 0.05) is 17.3 Å². The molecule has 1 heterocycles. The molecule has 0 N–H and O–H groups in total. The SMILES string of the molecule is O=C(N1CCSC1c1ccccc1)C1(c2ccc(Cl)cc2)CCCC1. The van der Waals surface area contributed by atoms with Crippen molar-refractivity contribution < 1.29 is 4.79 Å². The van der Waals surface area contributed by atoms with Crippen molar-refractivity contribution in [1.82, 2.24) is 4.90 Å². The number of hydrogen-bond acceptors (Lipinski definition) is 2. The highest BCUT2D eigenvalue weighted by molar-refractivity contribution is 7.99. The molecule has 1 amide bonds. The fraction of sp³-hybridized carbons (Fsp3) is 0.381. The first-order chi connectivity index (χ1) is 12.2. The second-order valence-electron chi connectivity index (χ2n) is 6.93. The van der Waals surface area contributed by atoms with Gasteiger partial charge in [0.05, 0.1) is 5.41 Å². The molecule has 1 atom stereocenters. The van der Waals surface area contributed by atoms with E-state index < -0.39 is 0 Å².